The van der Waals surface area contributed by atoms with Gasteiger partial charge in [-0.05, 0) is 0 Å². The van der Waals surface area contributed by atoms with Crippen LogP contribution in [0.5, 0.6) is 0 Å². The fourth-order valence-electron chi connectivity index (χ4n) is 0.124. The van der Waals surface area contributed by atoms with Crippen LogP contribution in [0.4, 0.5) is 0 Å². The molecule has 0 spiro atoms. The van der Waals surface area contributed by atoms with Crippen LogP contribution in [0.3, 0.4) is 0 Å². The van der Waals surface area contributed by atoms with Crippen LogP contribution in [-0.2, 0) is 0 Å². The van der Waals surface area contributed by atoms with Gasteiger partial charge in [0, 0.05) is 0 Å². The molecular formula is C5H5B. The van der Waals surface area contributed by atoms with E-state index in [0.717, 1.165) is 0 Å². The van der Waals surface area contributed by atoms with Crippen LogP contribution in [0.25, 0.3) is 0 Å². The Hall–Kier alpha value is -0.765. The molecule has 0 fully saturated rings. The summed E-state index contributed by atoms with van der Waals surface area (Å²) in [6.45, 7) is 5.01. The van der Waals surface area contributed by atoms with E-state index in [1.807, 2.05) is 0 Å². The minimum absolute atomic E-state index is 1.59. The number of hydrogen-bond acceptors (Lipinski definition) is 0. The summed E-state index contributed by atoms with van der Waals surface area (Å²) in [5.74, 6) is 4.03. The zero-order chi connectivity index (χ0) is 4.83. The molecule has 0 heterocycles. The summed E-state index contributed by atoms with van der Waals surface area (Å²) >= 11 is 0. The predicted octanol–water partition coefficient (Wildman–Crippen LogP) is 0.270. The Bertz CT molecular complexity index is 95.0. The molecule has 0 radical (unpaired) electrons. The zero-order valence-corrected chi connectivity index (χ0v) is 3.52. The molecular weight excluding hydrogens is 70.9 g/mol. The van der Waals surface area contributed by atoms with E-state index >= 15 is 0 Å². The quantitative estimate of drug-likeness (QED) is 0.310. The molecule has 0 N–H and O–H groups in total. The molecule has 0 unspecified atom stereocenters. The molecule has 0 nitrogen and oxygen atoms in total. The van der Waals surface area contributed by atoms with Crippen LogP contribution < -0.4 is 0 Å². The third-order valence-electron chi connectivity index (χ3n) is 0.329. The van der Waals surface area contributed by atoms with E-state index in [9.17, 15) is 0 Å². The van der Waals surface area contributed by atoms with Gasteiger partial charge in [0.2, 0.25) is 0 Å². The van der Waals surface area contributed by atoms with Crippen molar-refractivity contribution in [2.45, 2.75) is 0 Å². The van der Waals surface area contributed by atoms with Crippen LogP contribution in [0, 0.1) is 12.2 Å². The first-order valence-corrected chi connectivity index (χ1v) is 1.65. The molecule has 0 saturated heterocycles. The van der Waals surface area contributed by atoms with Crippen LogP contribution >= 0.6 is 0 Å². The van der Waals surface area contributed by atoms with Crippen molar-refractivity contribution in [2.75, 3.05) is 0 Å². The van der Waals surface area contributed by atoms with E-state index in [4.69, 9.17) is 6.42 Å². The Balaban J connectivity index is 3.26. The fraction of sp³-hybridized carbons (Fsp3) is 0. The zero-order valence-electron chi connectivity index (χ0n) is 3.52. The average molecular weight is 75.9 g/mol. The third-order valence-corrected chi connectivity index (χ3v) is 0.329. The Morgan fingerprint density at radius 3 is 2.67 bits per heavy atom. The van der Waals surface area contributed by atoms with Crippen LogP contribution in [0.2, 0.25) is 0 Å². The van der Waals surface area contributed by atoms with Crippen LogP contribution in [0.15, 0.2) is 12.7 Å². The summed E-state index contributed by atoms with van der Waals surface area (Å²) in [6, 6.07) is 0. The summed E-state index contributed by atoms with van der Waals surface area (Å²) in [4.78, 5) is 0. The van der Waals surface area contributed by atoms with E-state index in [1.54, 1.807) is 19.0 Å². The fourth-order valence-corrected chi connectivity index (χ4v) is 0.124. The normalized spacial score (nSPS) is 6.50. The second kappa shape index (κ2) is 4.23. The summed E-state index contributed by atoms with van der Waals surface area (Å²) in [6.07, 6.45) is 6.47. The first kappa shape index (κ1) is 5.23. The molecule has 6 heavy (non-hydrogen) atoms. The van der Waals surface area contributed by atoms with Gasteiger partial charge in [0.15, 0.2) is 0 Å². The topological polar surface area (TPSA) is 0 Å². The van der Waals surface area contributed by atoms with E-state index in [0.29, 0.717) is 0 Å². The molecule has 0 aromatic heterocycles. The maximum absolute atomic E-state index is 4.83. The molecule has 0 rings (SSSR count). The van der Waals surface area contributed by atoms with Crippen molar-refractivity contribution in [1.29, 1.82) is 0 Å². The molecule has 0 bridgehead atoms. The van der Waals surface area contributed by atoms with Gasteiger partial charge >= 0.3 is 37.8 Å². The Morgan fingerprint density at radius 1 is 1.83 bits per heavy atom. The third kappa shape index (κ3) is 3.23. The summed E-state index contributed by atoms with van der Waals surface area (Å²) in [5, 5.41) is 0. The van der Waals surface area contributed by atoms with Gasteiger partial charge < -0.3 is 0 Å². The molecule has 0 aliphatic carbocycles. The Kier molecular flexibility index (Phi) is 3.69. The minimum atomic E-state index is 1.59. The number of rotatable bonds is 1. The summed E-state index contributed by atoms with van der Waals surface area (Å²) in [5.41, 5.74) is 0. The van der Waals surface area contributed by atoms with Gasteiger partial charge in [-0.25, -0.2) is 0 Å². The molecule has 1 heteroatoms. The van der Waals surface area contributed by atoms with Crippen molar-refractivity contribution in [1.82, 2.24) is 0 Å². The van der Waals surface area contributed by atoms with Gasteiger partial charge in [0.05, 0.1) is 0 Å². The molecule has 0 aromatic rings. The molecule has 0 aliphatic rings. The van der Waals surface area contributed by atoms with Crippen LogP contribution in [-0.4, -0.2) is 12.9 Å². The van der Waals surface area contributed by atoms with E-state index in [2.05, 4.69) is 12.4 Å². The van der Waals surface area contributed by atoms with Crippen molar-refractivity contribution < 1.29 is 0 Å². The van der Waals surface area contributed by atoms with Gasteiger partial charge in [-0.1, -0.05) is 0 Å². The second-order valence-corrected chi connectivity index (χ2v) is 0.761. The predicted molar refractivity (Wildman–Crippen MR) is 30.8 cm³/mol. The van der Waals surface area contributed by atoms with Crippen molar-refractivity contribution in [3.05, 3.63) is 12.7 Å². The average Bonchev–Trinajstić information content (AvgIpc) is 1.61. The Morgan fingerprint density at radius 2 is 2.50 bits per heavy atom. The van der Waals surface area contributed by atoms with Crippen molar-refractivity contribution in [3.63, 3.8) is 0 Å². The van der Waals surface area contributed by atoms with Gasteiger partial charge in [0.25, 0.3) is 0 Å². The van der Waals surface area contributed by atoms with Crippen molar-refractivity contribution in [3.8, 4) is 12.2 Å². The molecule has 0 aromatic carbocycles. The first-order chi connectivity index (χ1) is 2.91. The number of terminal acetylenes is 1. The van der Waals surface area contributed by atoms with Gasteiger partial charge in [-0.15, -0.1) is 0 Å². The standard InChI is InChI=1S/C5H5B/c1-3-5-6-4-2/h2-3,5H,1H2. The van der Waals surface area contributed by atoms with Crippen molar-refractivity contribution in [2.24, 2.45) is 0 Å². The van der Waals surface area contributed by atoms with E-state index in [1.165, 1.54) is 0 Å². The van der Waals surface area contributed by atoms with E-state index < -0.39 is 0 Å². The SMILES string of the molecule is C#C/B=C\C=C. The first-order valence-electron chi connectivity index (χ1n) is 1.65. The van der Waals surface area contributed by atoms with Gasteiger partial charge in [-0.2, -0.15) is 0 Å². The number of allylic oxidation sites excluding steroid dienone is 1. The summed E-state index contributed by atoms with van der Waals surface area (Å²) < 4.78 is 0. The molecule has 0 atom stereocenters. The monoisotopic (exact) mass is 76.0 g/mol. The number of hydrogen-bond donors (Lipinski definition) is 0. The molecule has 0 saturated carbocycles. The summed E-state index contributed by atoms with van der Waals surface area (Å²) in [7, 11) is 0. The van der Waals surface area contributed by atoms with Crippen LogP contribution in [0.1, 0.15) is 0 Å². The molecule has 0 amide bonds. The maximum atomic E-state index is 4.83. The van der Waals surface area contributed by atoms with E-state index in [-0.39, 0.29) is 0 Å². The molecule has 28 valence electrons. The second-order valence-electron chi connectivity index (χ2n) is 0.761. The van der Waals surface area contributed by atoms with Gasteiger partial charge in [0.1, 0.15) is 0 Å². The van der Waals surface area contributed by atoms with Crippen molar-refractivity contribution >= 4 is 12.9 Å². The van der Waals surface area contributed by atoms with Gasteiger partial charge in [-0.3, -0.25) is 0 Å². The Labute approximate surface area is 38.8 Å². The molecule has 0 aliphatic heterocycles.